The fourth-order valence-corrected chi connectivity index (χ4v) is 1.49. The second-order valence-corrected chi connectivity index (χ2v) is 3.56. The van der Waals surface area contributed by atoms with Gasteiger partial charge in [0.1, 0.15) is 12.1 Å². The van der Waals surface area contributed by atoms with E-state index >= 15 is 0 Å². The average molecular weight is 242 g/mol. The highest BCUT2D eigenvalue weighted by atomic mass is 19.1. The summed E-state index contributed by atoms with van der Waals surface area (Å²) in [6.45, 7) is 0. The number of rotatable bonds is 2. The van der Waals surface area contributed by atoms with Gasteiger partial charge in [0.15, 0.2) is 0 Å². The van der Waals surface area contributed by atoms with E-state index in [4.69, 9.17) is 4.52 Å². The lowest BCUT2D eigenvalue weighted by Gasteiger charge is -1.93. The van der Waals surface area contributed by atoms with Crippen LogP contribution in [-0.4, -0.2) is 20.1 Å². The number of hydrogen-bond donors (Lipinski definition) is 0. The molecule has 0 unspecified atom stereocenters. The van der Waals surface area contributed by atoms with Crippen LogP contribution in [0.1, 0.15) is 0 Å². The fourth-order valence-electron chi connectivity index (χ4n) is 1.49. The van der Waals surface area contributed by atoms with E-state index in [-0.39, 0.29) is 11.7 Å². The van der Waals surface area contributed by atoms with Crippen LogP contribution in [0.25, 0.3) is 22.8 Å². The van der Waals surface area contributed by atoms with Gasteiger partial charge in [0.25, 0.3) is 5.89 Å². The van der Waals surface area contributed by atoms with Crippen LogP contribution in [0.5, 0.6) is 0 Å². The first kappa shape index (κ1) is 10.5. The molecular weight excluding hydrogens is 235 g/mol. The third kappa shape index (κ3) is 1.95. The lowest BCUT2D eigenvalue weighted by Crippen LogP contribution is -1.84. The summed E-state index contributed by atoms with van der Waals surface area (Å²) in [4.78, 5) is 11.9. The van der Waals surface area contributed by atoms with Gasteiger partial charge in [-0.3, -0.25) is 0 Å². The summed E-state index contributed by atoms with van der Waals surface area (Å²) in [7, 11) is 0. The normalized spacial score (nSPS) is 10.5. The summed E-state index contributed by atoms with van der Waals surface area (Å²) >= 11 is 0. The van der Waals surface area contributed by atoms with E-state index in [1.165, 1.54) is 18.5 Å². The van der Waals surface area contributed by atoms with Crippen LogP contribution in [0.4, 0.5) is 4.39 Å². The predicted octanol–water partition coefficient (Wildman–Crippen LogP) is 2.33. The number of benzene rings is 1. The first-order valence-electron chi connectivity index (χ1n) is 5.18. The molecular formula is C12H7FN4O. The molecule has 0 fully saturated rings. The SMILES string of the molecule is Fc1cccc(-c2nc(-c3cncnc3)no2)c1. The number of hydrogen-bond acceptors (Lipinski definition) is 5. The highest BCUT2D eigenvalue weighted by Crippen LogP contribution is 2.21. The Labute approximate surface area is 101 Å². The summed E-state index contributed by atoms with van der Waals surface area (Å²) in [6, 6.07) is 5.96. The molecule has 3 rings (SSSR count). The predicted molar refractivity (Wildman–Crippen MR) is 60.7 cm³/mol. The molecule has 1 aromatic carbocycles. The van der Waals surface area contributed by atoms with Gasteiger partial charge in [0.05, 0.1) is 5.56 Å². The zero-order valence-electron chi connectivity index (χ0n) is 9.12. The van der Waals surface area contributed by atoms with Crippen molar-refractivity contribution in [2.24, 2.45) is 0 Å². The van der Waals surface area contributed by atoms with Gasteiger partial charge in [0, 0.05) is 18.0 Å². The Morgan fingerprint density at radius 1 is 1.06 bits per heavy atom. The molecule has 0 aliphatic rings. The number of nitrogens with zero attached hydrogens (tertiary/aromatic N) is 4. The molecule has 18 heavy (non-hydrogen) atoms. The standard InChI is InChI=1S/C12H7FN4O/c13-10-3-1-2-8(4-10)12-16-11(17-18-12)9-5-14-7-15-6-9/h1-7H. The van der Waals surface area contributed by atoms with Crippen molar-refractivity contribution < 1.29 is 8.91 Å². The van der Waals surface area contributed by atoms with Crippen LogP contribution < -0.4 is 0 Å². The van der Waals surface area contributed by atoms with Crippen LogP contribution in [-0.2, 0) is 0 Å². The zero-order chi connectivity index (χ0) is 12.4. The lowest BCUT2D eigenvalue weighted by atomic mass is 10.2. The fraction of sp³-hybridized carbons (Fsp3) is 0. The Bertz CT molecular complexity index is 669. The van der Waals surface area contributed by atoms with Crippen molar-refractivity contribution in [3.63, 3.8) is 0 Å². The summed E-state index contributed by atoms with van der Waals surface area (Å²) in [5.74, 6) is 0.276. The van der Waals surface area contributed by atoms with Crippen molar-refractivity contribution in [1.29, 1.82) is 0 Å². The molecule has 0 aliphatic carbocycles. The van der Waals surface area contributed by atoms with E-state index in [0.29, 0.717) is 17.0 Å². The molecule has 0 spiro atoms. The Kier molecular flexibility index (Phi) is 2.53. The van der Waals surface area contributed by atoms with Crippen molar-refractivity contribution in [2.75, 3.05) is 0 Å². The smallest absolute Gasteiger partial charge is 0.258 e. The monoisotopic (exact) mass is 242 g/mol. The van der Waals surface area contributed by atoms with Crippen molar-refractivity contribution in [1.82, 2.24) is 20.1 Å². The molecule has 2 aromatic heterocycles. The van der Waals surface area contributed by atoms with Crippen molar-refractivity contribution >= 4 is 0 Å². The summed E-state index contributed by atoms with van der Waals surface area (Å²) in [5, 5.41) is 3.80. The third-order valence-corrected chi connectivity index (χ3v) is 2.32. The van der Waals surface area contributed by atoms with Crippen LogP contribution >= 0.6 is 0 Å². The largest absolute Gasteiger partial charge is 0.334 e. The van der Waals surface area contributed by atoms with Crippen LogP contribution in [0.2, 0.25) is 0 Å². The van der Waals surface area contributed by atoms with Crippen LogP contribution in [0.15, 0.2) is 47.5 Å². The van der Waals surface area contributed by atoms with Gasteiger partial charge in [-0.1, -0.05) is 11.2 Å². The van der Waals surface area contributed by atoms with Gasteiger partial charge in [-0.2, -0.15) is 4.98 Å². The Balaban J connectivity index is 2.00. The summed E-state index contributed by atoms with van der Waals surface area (Å²) in [6.07, 6.45) is 4.57. The molecule has 0 aliphatic heterocycles. The van der Waals surface area contributed by atoms with Gasteiger partial charge in [0.2, 0.25) is 5.82 Å². The second kappa shape index (κ2) is 4.33. The zero-order valence-corrected chi connectivity index (χ0v) is 9.12. The first-order valence-corrected chi connectivity index (χ1v) is 5.18. The van der Waals surface area contributed by atoms with E-state index in [1.807, 2.05) is 0 Å². The molecule has 0 amide bonds. The second-order valence-electron chi connectivity index (χ2n) is 3.56. The van der Waals surface area contributed by atoms with Gasteiger partial charge < -0.3 is 4.52 Å². The molecule has 0 atom stereocenters. The van der Waals surface area contributed by atoms with E-state index in [0.717, 1.165) is 0 Å². The first-order chi connectivity index (χ1) is 8.83. The van der Waals surface area contributed by atoms with E-state index in [2.05, 4.69) is 20.1 Å². The Morgan fingerprint density at radius 2 is 1.89 bits per heavy atom. The maximum absolute atomic E-state index is 13.1. The molecule has 6 heteroatoms. The molecule has 0 radical (unpaired) electrons. The van der Waals surface area contributed by atoms with E-state index in [9.17, 15) is 4.39 Å². The van der Waals surface area contributed by atoms with Gasteiger partial charge in [-0.15, -0.1) is 0 Å². The van der Waals surface area contributed by atoms with Crippen molar-refractivity contribution in [3.05, 3.63) is 48.8 Å². The third-order valence-electron chi connectivity index (χ3n) is 2.32. The van der Waals surface area contributed by atoms with Crippen molar-refractivity contribution in [2.45, 2.75) is 0 Å². The summed E-state index contributed by atoms with van der Waals surface area (Å²) < 4.78 is 18.1. The summed E-state index contributed by atoms with van der Waals surface area (Å²) in [5.41, 5.74) is 1.18. The Morgan fingerprint density at radius 3 is 2.67 bits per heavy atom. The van der Waals surface area contributed by atoms with E-state index < -0.39 is 0 Å². The number of halogens is 1. The average Bonchev–Trinajstić information content (AvgIpc) is 2.89. The Hall–Kier alpha value is -2.63. The maximum Gasteiger partial charge on any atom is 0.258 e. The van der Waals surface area contributed by atoms with Crippen molar-refractivity contribution in [3.8, 4) is 22.8 Å². The number of aromatic nitrogens is 4. The van der Waals surface area contributed by atoms with Gasteiger partial charge >= 0.3 is 0 Å². The molecule has 5 nitrogen and oxygen atoms in total. The molecule has 3 aromatic rings. The lowest BCUT2D eigenvalue weighted by molar-refractivity contribution is 0.432. The highest BCUT2D eigenvalue weighted by Gasteiger charge is 2.11. The molecule has 2 heterocycles. The molecule has 0 saturated heterocycles. The molecule has 88 valence electrons. The van der Waals surface area contributed by atoms with Gasteiger partial charge in [-0.05, 0) is 18.2 Å². The minimum atomic E-state index is -0.352. The minimum Gasteiger partial charge on any atom is -0.334 e. The van der Waals surface area contributed by atoms with Crippen LogP contribution in [0, 0.1) is 5.82 Å². The molecule has 0 bridgehead atoms. The van der Waals surface area contributed by atoms with E-state index in [1.54, 1.807) is 24.5 Å². The molecule has 0 saturated carbocycles. The highest BCUT2D eigenvalue weighted by molar-refractivity contribution is 5.58. The minimum absolute atomic E-state index is 0.258. The molecule has 0 N–H and O–H groups in total. The van der Waals surface area contributed by atoms with Crippen LogP contribution in [0.3, 0.4) is 0 Å². The topological polar surface area (TPSA) is 64.7 Å². The maximum atomic E-state index is 13.1. The quantitative estimate of drug-likeness (QED) is 0.690. The van der Waals surface area contributed by atoms with Gasteiger partial charge in [-0.25, -0.2) is 14.4 Å².